The third-order valence-electron chi connectivity index (χ3n) is 3.07. The van der Waals surface area contributed by atoms with Gasteiger partial charge in [0.25, 0.3) is 0 Å². The van der Waals surface area contributed by atoms with E-state index in [4.69, 9.17) is 10.5 Å². The van der Waals surface area contributed by atoms with Gasteiger partial charge in [0.15, 0.2) is 0 Å². The smallest absolute Gasteiger partial charge is 0.119 e. The molecule has 0 unspecified atom stereocenters. The molecule has 1 aromatic heterocycles. The molecule has 1 saturated carbocycles. The molecule has 14 heavy (non-hydrogen) atoms. The molecule has 1 aliphatic rings. The van der Waals surface area contributed by atoms with Gasteiger partial charge in [0, 0.05) is 24.4 Å². The summed E-state index contributed by atoms with van der Waals surface area (Å²) in [5.41, 5.74) is 7.35. The van der Waals surface area contributed by atoms with Gasteiger partial charge in [-0.1, -0.05) is 13.8 Å². The Bertz CT molecular complexity index is 335. The highest BCUT2D eigenvalue weighted by molar-refractivity contribution is 7.09. The molecule has 0 aliphatic heterocycles. The summed E-state index contributed by atoms with van der Waals surface area (Å²) >= 11 is 1.65. The number of ether oxygens (including phenoxy) is 1. The number of rotatable bonds is 3. The Morgan fingerprint density at radius 3 is 2.79 bits per heavy atom. The number of nitrogens with zero attached hydrogens (tertiary/aromatic N) is 1. The lowest BCUT2D eigenvalue weighted by atomic mass is 10.1. The van der Waals surface area contributed by atoms with E-state index in [1.54, 1.807) is 18.4 Å². The zero-order valence-corrected chi connectivity index (χ0v) is 9.60. The van der Waals surface area contributed by atoms with Crippen LogP contribution in [0.3, 0.4) is 0 Å². The van der Waals surface area contributed by atoms with Crippen LogP contribution >= 0.6 is 11.3 Å². The van der Waals surface area contributed by atoms with E-state index in [0.29, 0.717) is 12.5 Å². The molecule has 1 aliphatic carbocycles. The van der Waals surface area contributed by atoms with Gasteiger partial charge in [0.1, 0.15) is 5.01 Å². The van der Waals surface area contributed by atoms with Crippen LogP contribution < -0.4 is 5.73 Å². The van der Waals surface area contributed by atoms with E-state index in [9.17, 15) is 0 Å². The Balaban J connectivity index is 2.12. The molecule has 0 radical (unpaired) electrons. The Labute approximate surface area is 88.3 Å². The van der Waals surface area contributed by atoms with Crippen molar-refractivity contribution >= 4 is 11.3 Å². The minimum absolute atomic E-state index is 0.221. The van der Waals surface area contributed by atoms with Gasteiger partial charge in [-0.3, -0.25) is 0 Å². The van der Waals surface area contributed by atoms with Crippen molar-refractivity contribution in [2.75, 3.05) is 7.11 Å². The Morgan fingerprint density at radius 1 is 1.64 bits per heavy atom. The molecule has 3 nitrogen and oxygen atoms in total. The molecule has 0 saturated heterocycles. The Morgan fingerprint density at radius 2 is 2.29 bits per heavy atom. The highest BCUT2D eigenvalue weighted by Gasteiger charge is 2.57. The van der Waals surface area contributed by atoms with Crippen molar-refractivity contribution in [3.8, 4) is 0 Å². The molecule has 2 rings (SSSR count). The first-order valence-corrected chi connectivity index (χ1v) is 5.64. The highest BCUT2D eigenvalue weighted by Crippen LogP contribution is 2.57. The van der Waals surface area contributed by atoms with E-state index in [1.807, 2.05) is 0 Å². The molecule has 0 bridgehead atoms. The normalized spacial score (nSPS) is 29.1. The lowest BCUT2D eigenvalue weighted by molar-refractivity contribution is 0.184. The summed E-state index contributed by atoms with van der Waals surface area (Å²) in [5.74, 6) is 0.435. The first-order valence-electron chi connectivity index (χ1n) is 4.76. The van der Waals surface area contributed by atoms with Crippen molar-refractivity contribution in [3.05, 3.63) is 16.1 Å². The predicted molar refractivity (Wildman–Crippen MR) is 57.3 cm³/mol. The third-order valence-corrected chi connectivity index (χ3v) is 3.91. The molecule has 1 fully saturated rings. The van der Waals surface area contributed by atoms with Crippen LogP contribution in [-0.4, -0.2) is 18.1 Å². The van der Waals surface area contributed by atoms with Crippen LogP contribution in [0.15, 0.2) is 5.38 Å². The number of hydrogen-bond donors (Lipinski definition) is 1. The summed E-state index contributed by atoms with van der Waals surface area (Å²) in [4.78, 5) is 4.52. The van der Waals surface area contributed by atoms with Crippen molar-refractivity contribution in [1.82, 2.24) is 4.98 Å². The fourth-order valence-electron chi connectivity index (χ4n) is 1.90. The standard InChI is InChI=1S/C10H16N2OS/c1-10(2)8(9(10)11)6-5-14-7(12-6)4-13-3/h5,8-9H,4,11H2,1-3H3/t8-,9-/m1/s1. The number of nitrogens with two attached hydrogens (primary N) is 1. The monoisotopic (exact) mass is 212 g/mol. The molecule has 0 spiro atoms. The first-order chi connectivity index (χ1) is 6.57. The maximum absolute atomic E-state index is 5.99. The zero-order valence-electron chi connectivity index (χ0n) is 8.78. The van der Waals surface area contributed by atoms with Crippen LogP contribution in [0.4, 0.5) is 0 Å². The lowest BCUT2D eigenvalue weighted by Crippen LogP contribution is -2.06. The topological polar surface area (TPSA) is 48.1 Å². The fourth-order valence-corrected chi connectivity index (χ4v) is 2.70. The predicted octanol–water partition coefficient (Wildman–Crippen LogP) is 1.74. The van der Waals surface area contributed by atoms with E-state index < -0.39 is 0 Å². The number of methoxy groups -OCH3 is 1. The second-order valence-corrected chi connectivity index (χ2v) is 5.37. The average molecular weight is 212 g/mol. The molecule has 1 heterocycles. The second-order valence-electron chi connectivity index (χ2n) is 4.42. The van der Waals surface area contributed by atoms with Crippen molar-refractivity contribution in [3.63, 3.8) is 0 Å². The summed E-state index contributed by atoms with van der Waals surface area (Å²) in [5, 5.41) is 3.14. The fraction of sp³-hybridized carbons (Fsp3) is 0.700. The average Bonchev–Trinajstić information content (AvgIpc) is 2.52. The minimum atomic E-state index is 0.221. The quantitative estimate of drug-likeness (QED) is 0.830. The Hall–Kier alpha value is -0.450. The molecule has 4 heteroatoms. The summed E-state index contributed by atoms with van der Waals surface area (Å²) < 4.78 is 5.04. The summed E-state index contributed by atoms with van der Waals surface area (Å²) in [6, 6.07) is 0.264. The molecular formula is C10H16N2OS. The van der Waals surface area contributed by atoms with E-state index in [0.717, 1.165) is 10.7 Å². The van der Waals surface area contributed by atoms with Gasteiger partial charge in [-0.25, -0.2) is 4.98 Å². The molecule has 78 valence electrons. The van der Waals surface area contributed by atoms with Crippen molar-refractivity contribution in [2.24, 2.45) is 11.1 Å². The van der Waals surface area contributed by atoms with E-state index in [2.05, 4.69) is 24.2 Å². The third kappa shape index (κ3) is 1.47. The molecule has 1 aromatic rings. The van der Waals surface area contributed by atoms with Gasteiger partial charge in [0.2, 0.25) is 0 Å². The van der Waals surface area contributed by atoms with E-state index in [1.165, 1.54) is 0 Å². The number of aromatic nitrogens is 1. The van der Waals surface area contributed by atoms with Crippen LogP contribution in [0.25, 0.3) is 0 Å². The van der Waals surface area contributed by atoms with Gasteiger partial charge in [-0.2, -0.15) is 0 Å². The van der Waals surface area contributed by atoms with Gasteiger partial charge in [-0.05, 0) is 5.41 Å². The molecule has 2 atom stereocenters. The van der Waals surface area contributed by atoms with Crippen molar-refractivity contribution in [2.45, 2.75) is 32.4 Å². The first kappa shape index (κ1) is 10.1. The van der Waals surface area contributed by atoms with Crippen molar-refractivity contribution < 1.29 is 4.74 Å². The van der Waals surface area contributed by atoms with Crippen LogP contribution in [0.1, 0.15) is 30.5 Å². The maximum Gasteiger partial charge on any atom is 0.119 e. The van der Waals surface area contributed by atoms with E-state index in [-0.39, 0.29) is 11.5 Å². The van der Waals surface area contributed by atoms with Crippen LogP contribution in [0.5, 0.6) is 0 Å². The van der Waals surface area contributed by atoms with Gasteiger partial charge < -0.3 is 10.5 Å². The van der Waals surface area contributed by atoms with Gasteiger partial charge in [0.05, 0.1) is 12.3 Å². The minimum Gasteiger partial charge on any atom is -0.378 e. The van der Waals surface area contributed by atoms with Gasteiger partial charge in [-0.15, -0.1) is 11.3 Å². The van der Waals surface area contributed by atoms with Crippen LogP contribution in [-0.2, 0) is 11.3 Å². The molecule has 0 aromatic carbocycles. The summed E-state index contributed by atoms with van der Waals surface area (Å²) in [7, 11) is 1.69. The SMILES string of the molecule is COCc1nc([C@@H]2[C@@H](N)C2(C)C)cs1. The van der Waals surface area contributed by atoms with E-state index >= 15 is 0 Å². The van der Waals surface area contributed by atoms with Gasteiger partial charge >= 0.3 is 0 Å². The second kappa shape index (κ2) is 3.29. The lowest BCUT2D eigenvalue weighted by Gasteiger charge is -1.97. The molecule has 0 amide bonds. The largest absolute Gasteiger partial charge is 0.378 e. The van der Waals surface area contributed by atoms with Crippen LogP contribution in [0, 0.1) is 5.41 Å². The number of thiazole rings is 1. The van der Waals surface area contributed by atoms with Crippen LogP contribution in [0.2, 0.25) is 0 Å². The number of hydrogen-bond acceptors (Lipinski definition) is 4. The Kier molecular flexibility index (Phi) is 2.37. The maximum atomic E-state index is 5.99. The summed E-state index contributed by atoms with van der Waals surface area (Å²) in [6.07, 6.45) is 0. The highest BCUT2D eigenvalue weighted by atomic mass is 32.1. The van der Waals surface area contributed by atoms with Crippen molar-refractivity contribution in [1.29, 1.82) is 0 Å². The molecular weight excluding hydrogens is 196 g/mol. The summed E-state index contributed by atoms with van der Waals surface area (Å²) in [6.45, 7) is 4.99. The molecule has 2 N–H and O–H groups in total. The zero-order chi connectivity index (χ0) is 10.3.